The number of nitrogens with one attached hydrogen (secondary N) is 2. The maximum absolute atomic E-state index is 12.4. The zero-order valence-corrected chi connectivity index (χ0v) is 13.0. The third-order valence-electron chi connectivity index (χ3n) is 3.36. The van der Waals surface area contributed by atoms with E-state index >= 15 is 0 Å². The highest BCUT2D eigenvalue weighted by atomic mass is 32.2. The second-order valence-electron chi connectivity index (χ2n) is 5.04. The first kappa shape index (κ1) is 15.7. The summed E-state index contributed by atoms with van der Waals surface area (Å²) < 4.78 is 27.3. The van der Waals surface area contributed by atoms with Gasteiger partial charge in [-0.05, 0) is 26.3 Å². The molecule has 6 nitrogen and oxygen atoms in total. The molecule has 114 valence electrons. The lowest BCUT2D eigenvalue weighted by molar-refractivity contribution is 0.277. The Morgan fingerprint density at radius 2 is 1.90 bits per heavy atom. The summed E-state index contributed by atoms with van der Waals surface area (Å²) in [4.78, 5) is 0. The van der Waals surface area contributed by atoms with Crippen LogP contribution in [0.15, 0.2) is 29.3 Å². The highest BCUT2D eigenvalue weighted by Crippen LogP contribution is 2.20. The number of aromatic amines is 1. The van der Waals surface area contributed by atoms with Crippen LogP contribution in [0.1, 0.15) is 35.3 Å². The van der Waals surface area contributed by atoms with Gasteiger partial charge < -0.3 is 5.11 Å². The second kappa shape index (κ2) is 5.97. The number of H-pyrrole nitrogens is 1. The van der Waals surface area contributed by atoms with Gasteiger partial charge >= 0.3 is 0 Å². The van der Waals surface area contributed by atoms with Gasteiger partial charge in [0, 0.05) is 17.3 Å². The average molecular weight is 309 g/mol. The van der Waals surface area contributed by atoms with Gasteiger partial charge in [0.2, 0.25) is 0 Å². The summed E-state index contributed by atoms with van der Waals surface area (Å²) in [5.41, 5.74) is 2.81. The molecule has 0 saturated carbocycles. The number of hydrogen-bond donors (Lipinski definition) is 3. The van der Waals surface area contributed by atoms with Crippen LogP contribution in [-0.2, 0) is 16.6 Å². The Kier molecular flexibility index (Phi) is 4.46. The Morgan fingerprint density at radius 3 is 2.48 bits per heavy atom. The van der Waals surface area contributed by atoms with Crippen molar-refractivity contribution in [3.8, 4) is 0 Å². The van der Waals surface area contributed by atoms with Crippen LogP contribution in [0.2, 0.25) is 0 Å². The van der Waals surface area contributed by atoms with E-state index in [0.29, 0.717) is 11.3 Å². The van der Waals surface area contributed by atoms with Crippen molar-refractivity contribution in [2.24, 2.45) is 0 Å². The Labute approximate surface area is 124 Å². The van der Waals surface area contributed by atoms with E-state index in [2.05, 4.69) is 14.9 Å². The Morgan fingerprint density at radius 1 is 1.29 bits per heavy atom. The van der Waals surface area contributed by atoms with Crippen molar-refractivity contribution in [1.29, 1.82) is 0 Å². The van der Waals surface area contributed by atoms with Gasteiger partial charge in [-0.3, -0.25) is 5.10 Å². The van der Waals surface area contributed by atoms with E-state index in [1.807, 2.05) is 31.2 Å². The van der Waals surface area contributed by atoms with E-state index in [-0.39, 0.29) is 17.7 Å². The number of nitrogens with zero attached hydrogens (tertiary/aromatic N) is 1. The SMILES string of the molecule is Cc1ccc(C(C)NS(=O)(=O)c2n[nH]c(C)c2CO)cc1. The van der Waals surface area contributed by atoms with Gasteiger partial charge in [0.15, 0.2) is 5.03 Å². The monoisotopic (exact) mass is 309 g/mol. The highest BCUT2D eigenvalue weighted by Gasteiger charge is 2.25. The lowest BCUT2D eigenvalue weighted by Gasteiger charge is -2.14. The van der Waals surface area contributed by atoms with Gasteiger partial charge in [-0.15, -0.1) is 0 Å². The first-order chi connectivity index (χ1) is 9.85. The van der Waals surface area contributed by atoms with Crippen LogP contribution < -0.4 is 4.72 Å². The van der Waals surface area contributed by atoms with Crippen LogP contribution in [0.25, 0.3) is 0 Å². The minimum atomic E-state index is -3.79. The zero-order valence-electron chi connectivity index (χ0n) is 12.2. The molecule has 1 heterocycles. The van der Waals surface area contributed by atoms with Crippen LogP contribution in [0.3, 0.4) is 0 Å². The molecule has 0 saturated heterocycles. The maximum Gasteiger partial charge on any atom is 0.260 e. The molecular weight excluding hydrogens is 290 g/mol. The molecule has 3 N–H and O–H groups in total. The molecule has 21 heavy (non-hydrogen) atoms. The molecule has 7 heteroatoms. The predicted molar refractivity (Wildman–Crippen MR) is 79.2 cm³/mol. The summed E-state index contributed by atoms with van der Waals surface area (Å²) >= 11 is 0. The van der Waals surface area contributed by atoms with E-state index in [9.17, 15) is 13.5 Å². The van der Waals surface area contributed by atoms with Crippen molar-refractivity contribution in [2.75, 3.05) is 0 Å². The Hall–Kier alpha value is -1.70. The molecule has 0 aliphatic carbocycles. The van der Waals surface area contributed by atoms with E-state index in [1.165, 1.54) is 0 Å². The topological polar surface area (TPSA) is 95.1 Å². The smallest absolute Gasteiger partial charge is 0.260 e. The van der Waals surface area contributed by atoms with Gasteiger partial charge in [0.25, 0.3) is 10.0 Å². The summed E-state index contributed by atoms with van der Waals surface area (Å²) in [7, 11) is -3.79. The number of aliphatic hydroxyl groups is 1. The molecule has 0 spiro atoms. The van der Waals surface area contributed by atoms with E-state index in [1.54, 1.807) is 13.8 Å². The number of aryl methyl sites for hydroxylation is 2. The number of benzene rings is 1. The fourth-order valence-corrected chi connectivity index (χ4v) is 3.47. The number of rotatable bonds is 5. The normalized spacial score (nSPS) is 13.3. The van der Waals surface area contributed by atoms with Crippen LogP contribution in [-0.4, -0.2) is 23.7 Å². The summed E-state index contributed by atoms with van der Waals surface area (Å²) in [6.07, 6.45) is 0. The summed E-state index contributed by atoms with van der Waals surface area (Å²) in [5.74, 6) is 0. The van der Waals surface area contributed by atoms with Crippen molar-refractivity contribution < 1.29 is 13.5 Å². The molecular formula is C14H19N3O3S. The van der Waals surface area contributed by atoms with E-state index < -0.39 is 10.0 Å². The first-order valence-corrected chi connectivity index (χ1v) is 8.07. The fraction of sp³-hybridized carbons (Fsp3) is 0.357. The molecule has 2 aromatic rings. The number of aliphatic hydroxyl groups excluding tert-OH is 1. The van der Waals surface area contributed by atoms with Gasteiger partial charge in [-0.1, -0.05) is 29.8 Å². The minimum Gasteiger partial charge on any atom is -0.392 e. The van der Waals surface area contributed by atoms with Crippen LogP contribution in [0.5, 0.6) is 0 Å². The maximum atomic E-state index is 12.4. The fourth-order valence-electron chi connectivity index (χ4n) is 2.05. The van der Waals surface area contributed by atoms with E-state index in [4.69, 9.17) is 0 Å². The molecule has 0 amide bonds. The quantitative estimate of drug-likeness (QED) is 0.781. The lowest BCUT2D eigenvalue weighted by Crippen LogP contribution is -2.28. The largest absolute Gasteiger partial charge is 0.392 e. The molecule has 1 aromatic heterocycles. The van der Waals surface area contributed by atoms with Crippen molar-refractivity contribution in [1.82, 2.24) is 14.9 Å². The van der Waals surface area contributed by atoms with Gasteiger partial charge in [0.05, 0.1) is 6.61 Å². The molecule has 0 aliphatic rings. The number of aromatic nitrogens is 2. The molecule has 1 atom stereocenters. The van der Waals surface area contributed by atoms with Crippen LogP contribution >= 0.6 is 0 Å². The van der Waals surface area contributed by atoms with Crippen molar-refractivity contribution >= 4 is 10.0 Å². The van der Waals surface area contributed by atoms with Gasteiger partial charge in [-0.25, -0.2) is 13.1 Å². The molecule has 0 aliphatic heterocycles. The third kappa shape index (κ3) is 3.31. The van der Waals surface area contributed by atoms with Gasteiger partial charge in [-0.2, -0.15) is 5.10 Å². The van der Waals surface area contributed by atoms with Crippen molar-refractivity contribution in [3.05, 3.63) is 46.6 Å². The van der Waals surface area contributed by atoms with E-state index in [0.717, 1.165) is 11.1 Å². The molecule has 2 rings (SSSR count). The minimum absolute atomic E-state index is 0.151. The van der Waals surface area contributed by atoms with Crippen LogP contribution in [0.4, 0.5) is 0 Å². The molecule has 0 fully saturated rings. The molecule has 1 unspecified atom stereocenters. The van der Waals surface area contributed by atoms with Gasteiger partial charge in [0.1, 0.15) is 0 Å². The predicted octanol–water partition coefficient (Wildman–Crippen LogP) is 1.56. The molecule has 0 radical (unpaired) electrons. The standard InChI is InChI=1S/C14H19N3O3S/c1-9-4-6-12(7-5-9)10(2)17-21(19,20)14-13(8-18)11(3)15-16-14/h4-7,10,17-18H,8H2,1-3H3,(H,15,16). The molecule has 1 aromatic carbocycles. The average Bonchev–Trinajstić information content (AvgIpc) is 2.80. The third-order valence-corrected chi connectivity index (χ3v) is 4.87. The lowest BCUT2D eigenvalue weighted by atomic mass is 10.1. The number of sulfonamides is 1. The Balaban J connectivity index is 2.26. The van der Waals surface area contributed by atoms with Crippen molar-refractivity contribution in [2.45, 2.75) is 38.4 Å². The highest BCUT2D eigenvalue weighted by molar-refractivity contribution is 7.89. The second-order valence-corrected chi connectivity index (χ2v) is 6.67. The van der Waals surface area contributed by atoms with Crippen molar-refractivity contribution in [3.63, 3.8) is 0 Å². The Bertz CT molecular complexity index is 720. The van der Waals surface area contributed by atoms with Crippen LogP contribution in [0, 0.1) is 13.8 Å². The summed E-state index contributed by atoms with van der Waals surface area (Å²) in [5, 5.41) is 15.5. The summed E-state index contributed by atoms with van der Waals surface area (Å²) in [6, 6.07) is 7.23. The first-order valence-electron chi connectivity index (χ1n) is 6.58. The zero-order chi connectivity index (χ0) is 15.6. The summed E-state index contributed by atoms with van der Waals surface area (Å²) in [6.45, 7) is 5.03. The molecule has 0 bridgehead atoms. The number of hydrogen-bond acceptors (Lipinski definition) is 4.